The van der Waals surface area contributed by atoms with Crippen LogP contribution in [0.2, 0.25) is 10.0 Å². The highest BCUT2D eigenvalue weighted by molar-refractivity contribution is 6.35. The lowest BCUT2D eigenvalue weighted by Gasteiger charge is -2.31. The second kappa shape index (κ2) is 9.20. The van der Waals surface area contributed by atoms with Crippen molar-refractivity contribution in [3.05, 3.63) is 88.9 Å². The summed E-state index contributed by atoms with van der Waals surface area (Å²) >= 11 is 12.0. The molecule has 3 aromatic rings. The van der Waals surface area contributed by atoms with Crippen molar-refractivity contribution < 1.29 is 9.59 Å². The van der Waals surface area contributed by atoms with E-state index in [2.05, 4.69) is 15.6 Å². The number of hydrogen-bond donors (Lipinski definition) is 2. The highest BCUT2D eigenvalue weighted by Gasteiger charge is 2.34. The highest BCUT2D eigenvalue weighted by atomic mass is 35.5. The van der Waals surface area contributed by atoms with Crippen molar-refractivity contribution in [2.75, 3.05) is 15.5 Å². The molecule has 156 valence electrons. The fourth-order valence-electron chi connectivity index (χ4n) is 3.21. The van der Waals surface area contributed by atoms with Crippen LogP contribution in [0.1, 0.15) is 6.42 Å². The number of carbonyl (C=O) groups excluding carboxylic acids is 2. The summed E-state index contributed by atoms with van der Waals surface area (Å²) in [6.45, 7) is 0. The number of nitrogens with zero attached hydrogens (tertiary/aromatic N) is 2. The zero-order chi connectivity index (χ0) is 21.8. The first-order valence-corrected chi connectivity index (χ1v) is 10.3. The number of hydrogen-bond acceptors (Lipinski definition) is 4. The Kier molecular flexibility index (Phi) is 6.21. The van der Waals surface area contributed by atoms with Crippen LogP contribution in [0.15, 0.2) is 83.9 Å². The van der Waals surface area contributed by atoms with Crippen LogP contribution in [0.25, 0.3) is 0 Å². The van der Waals surface area contributed by atoms with Gasteiger partial charge in [-0.15, -0.1) is 0 Å². The van der Waals surface area contributed by atoms with E-state index < -0.39 is 11.9 Å². The Morgan fingerprint density at radius 2 is 1.52 bits per heavy atom. The smallest absolute Gasteiger partial charge is 0.249 e. The van der Waals surface area contributed by atoms with Crippen LogP contribution in [-0.4, -0.2) is 23.8 Å². The number of benzene rings is 3. The molecule has 0 saturated heterocycles. The first-order valence-electron chi connectivity index (χ1n) is 9.54. The molecule has 1 aliphatic heterocycles. The minimum Gasteiger partial charge on any atom is -0.326 e. The van der Waals surface area contributed by atoms with Crippen LogP contribution in [0.4, 0.5) is 17.1 Å². The summed E-state index contributed by atoms with van der Waals surface area (Å²) in [4.78, 5) is 32.0. The Morgan fingerprint density at radius 3 is 2.16 bits per heavy atom. The molecule has 3 aromatic carbocycles. The number of amides is 2. The van der Waals surface area contributed by atoms with Gasteiger partial charge in [-0.05, 0) is 42.5 Å². The summed E-state index contributed by atoms with van der Waals surface area (Å²) in [5.74, 6) is -0.395. The van der Waals surface area contributed by atoms with E-state index in [1.807, 2.05) is 60.7 Å². The van der Waals surface area contributed by atoms with Crippen molar-refractivity contribution in [1.29, 1.82) is 0 Å². The van der Waals surface area contributed by atoms with Gasteiger partial charge in [-0.2, -0.15) is 0 Å². The summed E-state index contributed by atoms with van der Waals surface area (Å²) in [5.41, 5.74) is 1.85. The molecule has 0 fully saturated rings. The topological polar surface area (TPSA) is 73.8 Å². The van der Waals surface area contributed by atoms with E-state index in [-0.39, 0.29) is 18.3 Å². The van der Waals surface area contributed by atoms with Gasteiger partial charge in [0.25, 0.3) is 0 Å². The third kappa shape index (κ3) is 5.05. The Labute approximate surface area is 189 Å². The van der Waals surface area contributed by atoms with E-state index in [4.69, 9.17) is 23.2 Å². The molecule has 0 spiro atoms. The molecule has 8 heteroatoms. The third-order valence-electron chi connectivity index (χ3n) is 4.58. The van der Waals surface area contributed by atoms with Crippen LogP contribution in [-0.2, 0) is 9.59 Å². The van der Waals surface area contributed by atoms with E-state index in [1.165, 1.54) is 4.90 Å². The average molecular weight is 453 g/mol. The van der Waals surface area contributed by atoms with Gasteiger partial charge in [-0.3, -0.25) is 14.5 Å². The molecule has 0 aromatic heterocycles. The number of nitrogens with one attached hydrogen (secondary N) is 2. The van der Waals surface area contributed by atoms with Crippen molar-refractivity contribution in [3.63, 3.8) is 0 Å². The summed E-state index contributed by atoms with van der Waals surface area (Å²) in [5, 5.41) is 6.69. The van der Waals surface area contributed by atoms with Gasteiger partial charge in [0.15, 0.2) is 0 Å². The van der Waals surface area contributed by atoms with Gasteiger partial charge in [0.05, 0.1) is 12.1 Å². The molecule has 0 unspecified atom stereocenters. The van der Waals surface area contributed by atoms with Gasteiger partial charge < -0.3 is 10.6 Å². The van der Waals surface area contributed by atoms with Crippen molar-refractivity contribution in [3.8, 4) is 0 Å². The third-order valence-corrected chi connectivity index (χ3v) is 5.02. The van der Waals surface area contributed by atoms with E-state index in [9.17, 15) is 9.59 Å². The molecule has 4 rings (SSSR count). The monoisotopic (exact) mass is 452 g/mol. The zero-order valence-electron chi connectivity index (χ0n) is 16.3. The molecule has 1 aliphatic rings. The van der Waals surface area contributed by atoms with E-state index in [1.54, 1.807) is 18.2 Å². The second-order valence-electron chi connectivity index (χ2n) is 6.88. The molecule has 0 bridgehead atoms. The number of guanidine groups is 1. The minimum absolute atomic E-state index is 0.0744. The van der Waals surface area contributed by atoms with Crippen molar-refractivity contribution in [1.82, 2.24) is 0 Å². The molecule has 31 heavy (non-hydrogen) atoms. The average Bonchev–Trinajstić information content (AvgIpc) is 2.74. The van der Waals surface area contributed by atoms with Gasteiger partial charge >= 0.3 is 0 Å². The number of halogens is 2. The van der Waals surface area contributed by atoms with Crippen LogP contribution in [0, 0.1) is 0 Å². The first-order chi connectivity index (χ1) is 15.0. The maximum absolute atomic E-state index is 13.1. The molecule has 1 atom stereocenters. The zero-order valence-corrected chi connectivity index (χ0v) is 17.8. The molecule has 1 heterocycles. The Morgan fingerprint density at radius 1 is 0.903 bits per heavy atom. The summed E-state index contributed by atoms with van der Waals surface area (Å²) in [7, 11) is 0. The van der Waals surface area contributed by atoms with Gasteiger partial charge in [0, 0.05) is 21.4 Å². The lowest BCUT2D eigenvalue weighted by Crippen LogP contribution is -2.49. The number of carbonyl (C=O) groups is 2. The lowest BCUT2D eigenvalue weighted by molar-refractivity contribution is -0.123. The van der Waals surface area contributed by atoms with Gasteiger partial charge in [-0.1, -0.05) is 59.6 Å². The number of para-hydroxylation sites is 2. The SMILES string of the molecule is O=C(Nc1cc(Cl)cc(Cl)c1)[C@H]1CC(=O)N(c2ccccc2)C(Nc2ccccc2)=N1. The van der Waals surface area contributed by atoms with Crippen LogP contribution in [0.3, 0.4) is 0 Å². The molecule has 0 aliphatic carbocycles. The maximum Gasteiger partial charge on any atom is 0.249 e. The van der Waals surface area contributed by atoms with Crippen molar-refractivity contribution >= 4 is 58.0 Å². The first kappa shape index (κ1) is 20.9. The molecular formula is C23H18Cl2N4O2. The predicted molar refractivity (Wildman–Crippen MR) is 125 cm³/mol. The lowest BCUT2D eigenvalue weighted by atomic mass is 10.1. The molecule has 2 N–H and O–H groups in total. The second-order valence-corrected chi connectivity index (χ2v) is 7.75. The Balaban J connectivity index is 1.65. The normalized spacial score (nSPS) is 15.9. The quantitative estimate of drug-likeness (QED) is 0.570. The standard InChI is InChI=1S/C23H18Cl2N4O2/c24-15-11-16(25)13-18(12-15)26-22(31)20-14-21(30)29(19-9-5-2-6-10-19)23(28-20)27-17-7-3-1-4-8-17/h1-13,20H,14H2,(H,26,31)(H,27,28)/t20-/m1/s1. The minimum atomic E-state index is -0.906. The van der Waals surface area contributed by atoms with Crippen molar-refractivity contribution in [2.45, 2.75) is 12.5 Å². The highest BCUT2D eigenvalue weighted by Crippen LogP contribution is 2.25. The van der Waals surface area contributed by atoms with Crippen LogP contribution < -0.4 is 15.5 Å². The molecule has 2 amide bonds. The van der Waals surface area contributed by atoms with Gasteiger partial charge in [0.2, 0.25) is 17.8 Å². The molecule has 0 radical (unpaired) electrons. The molecule has 0 saturated carbocycles. The number of rotatable bonds is 4. The Hall–Kier alpha value is -3.35. The summed E-state index contributed by atoms with van der Waals surface area (Å²) in [6.07, 6.45) is -0.0744. The summed E-state index contributed by atoms with van der Waals surface area (Å²) in [6, 6.07) is 22.3. The van der Waals surface area contributed by atoms with E-state index in [0.717, 1.165) is 5.69 Å². The van der Waals surface area contributed by atoms with Crippen LogP contribution in [0.5, 0.6) is 0 Å². The molecule has 6 nitrogen and oxygen atoms in total. The van der Waals surface area contributed by atoms with E-state index >= 15 is 0 Å². The number of anilines is 3. The largest absolute Gasteiger partial charge is 0.326 e. The fraction of sp³-hybridized carbons (Fsp3) is 0.0870. The Bertz CT molecular complexity index is 1120. The summed E-state index contributed by atoms with van der Waals surface area (Å²) < 4.78 is 0. The maximum atomic E-state index is 13.1. The van der Waals surface area contributed by atoms with E-state index in [0.29, 0.717) is 21.4 Å². The fourth-order valence-corrected chi connectivity index (χ4v) is 3.74. The van der Waals surface area contributed by atoms with Crippen molar-refractivity contribution in [2.24, 2.45) is 4.99 Å². The van der Waals surface area contributed by atoms with Gasteiger partial charge in [0.1, 0.15) is 6.04 Å². The van der Waals surface area contributed by atoms with Crippen LogP contribution >= 0.6 is 23.2 Å². The van der Waals surface area contributed by atoms with Gasteiger partial charge in [-0.25, -0.2) is 4.99 Å². The number of aliphatic imine (C=N–C) groups is 1. The predicted octanol–water partition coefficient (Wildman–Crippen LogP) is 5.21. The molecular weight excluding hydrogens is 435 g/mol.